The fourth-order valence-corrected chi connectivity index (χ4v) is 1.55. The van der Waals surface area contributed by atoms with Gasteiger partial charge in [-0.2, -0.15) is 4.98 Å². The molecule has 8 heteroatoms. The van der Waals surface area contributed by atoms with E-state index in [1.165, 1.54) is 4.90 Å². The fourth-order valence-electron chi connectivity index (χ4n) is 1.55. The van der Waals surface area contributed by atoms with Gasteiger partial charge in [-0.25, -0.2) is 4.98 Å². The molecule has 0 unspecified atom stereocenters. The van der Waals surface area contributed by atoms with Gasteiger partial charge >= 0.3 is 0 Å². The van der Waals surface area contributed by atoms with Gasteiger partial charge in [0.1, 0.15) is 5.82 Å². The second-order valence-corrected chi connectivity index (χ2v) is 4.01. The zero-order valence-electron chi connectivity index (χ0n) is 11.0. The van der Waals surface area contributed by atoms with Gasteiger partial charge in [0, 0.05) is 18.3 Å². The van der Waals surface area contributed by atoms with E-state index in [2.05, 4.69) is 15.3 Å². The quantitative estimate of drug-likeness (QED) is 0.580. The fraction of sp³-hybridized carbons (Fsp3) is 0.455. The number of carbonyl (C=O) groups is 2. The lowest BCUT2D eigenvalue weighted by Crippen LogP contribution is -2.40. The van der Waals surface area contributed by atoms with E-state index in [1.807, 2.05) is 6.92 Å². The summed E-state index contributed by atoms with van der Waals surface area (Å²) in [7, 11) is 0. The Morgan fingerprint density at radius 1 is 1.26 bits per heavy atom. The number of nitrogens with one attached hydrogen (secondary N) is 1. The van der Waals surface area contributed by atoms with E-state index < -0.39 is 11.8 Å². The van der Waals surface area contributed by atoms with Gasteiger partial charge in [-0.3, -0.25) is 9.59 Å². The lowest BCUT2D eigenvalue weighted by molar-refractivity contribution is -0.117. The number of carbonyl (C=O) groups excluding carboxylic acids is 2. The zero-order chi connectivity index (χ0) is 14.4. The average molecular weight is 266 g/mol. The molecule has 0 radical (unpaired) electrons. The van der Waals surface area contributed by atoms with Crippen molar-refractivity contribution in [1.82, 2.24) is 9.97 Å². The Kier molecular flexibility index (Phi) is 5.04. The number of aromatic nitrogens is 2. The van der Waals surface area contributed by atoms with Crippen molar-refractivity contribution >= 4 is 23.6 Å². The molecule has 0 aliphatic carbocycles. The number of rotatable bonds is 7. The van der Waals surface area contributed by atoms with Gasteiger partial charge in [0.25, 0.3) is 0 Å². The number of nitrogens with two attached hydrogens (primary N) is 2. The second kappa shape index (κ2) is 6.53. The minimum absolute atomic E-state index is 0.134. The molecule has 0 spiro atoms. The van der Waals surface area contributed by atoms with Crippen LogP contribution in [0.15, 0.2) is 6.07 Å². The van der Waals surface area contributed by atoms with E-state index in [4.69, 9.17) is 11.5 Å². The van der Waals surface area contributed by atoms with Gasteiger partial charge in [0.15, 0.2) is 0 Å². The highest BCUT2D eigenvalue weighted by Gasteiger charge is 2.15. The van der Waals surface area contributed by atoms with Crippen LogP contribution in [0.1, 0.15) is 12.6 Å². The standard InChI is InChI=1S/C11H18N6O2/c1-3-14-11-15-7(2)4-10(16-11)17(5-8(12)18)6-9(13)19/h4H,3,5-6H2,1-2H3,(H2,12,18)(H2,13,19)(H,14,15,16). The van der Waals surface area contributed by atoms with Gasteiger partial charge in [-0.05, 0) is 13.8 Å². The smallest absolute Gasteiger partial charge is 0.237 e. The van der Waals surface area contributed by atoms with Gasteiger partial charge in [-0.1, -0.05) is 0 Å². The molecule has 0 fully saturated rings. The van der Waals surface area contributed by atoms with Crippen LogP contribution in [0.2, 0.25) is 0 Å². The predicted octanol–water partition coefficient (Wildman–Crippen LogP) is -1.01. The summed E-state index contributed by atoms with van der Waals surface area (Å²) in [6, 6.07) is 1.66. The Bertz CT molecular complexity index is 460. The molecule has 0 aromatic carbocycles. The zero-order valence-corrected chi connectivity index (χ0v) is 11.0. The van der Waals surface area contributed by atoms with Gasteiger partial charge in [-0.15, -0.1) is 0 Å². The number of aryl methyl sites for hydroxylation is 1. The molecule has 0 saturated carbocycles. The van der Waals surface area contributed by atoms with Crippen LogP contribution in [0.25, 0.3) is 0 Å². The first-order valence-corrected chi connectivity index (χ1v) is 5.83. The summed E-state index contributed by atoms with van der Waals surface area (Å²) in [5.41, 5.74) is 11.0. The Hall–Kier alpha value is -2.38. The van der Waals surface area contributed by atoms with Crippen molar-refractivity contribution < 1.29 is 9.59 Å². The maximum Gasteiger partial charge on any atom is 0.237 e. The molecule has 0 atom stereocenters. The van der Waals surface area contributed by atoms with Gasteiger partial charge in [0.05, 0.1) is 13.1 Å². The Morgan fingerprint density at radius 3 is 2.32 bits per heavy atom. The van der Waals surface area contributed by atoms with Crippen molar-refractivity contribution in [2.24, 2.45) is 11.5 Å². The number of nitrogens with zero attached hydrogens (tertiary/aromatic N) is 3. The highest BCUT2D eigenvalue weighted by molar-refractivity contribution is 5.84. The summed E-state index contributed by atoms with van der Waals surface area (Å²) < 4.78 is 0. The normalized spacial score (nSPS) is 10.0. The van der Waals surface area contributed by atoms with Crippen LogP contribution >= 0.6 is 0 Å². The van der Waals surface area contributed by atoms with Crippen LogP contribution in [0.5, 0.6) is 0 Å². The number of hydrogen-bond donors (Lipinski definition) is 3. The van der Waals surface area contributed by atoms with Crippen molar-refractivity contribution in [3.8, 4) is 0 Å². The predicted molar refractivity (Wildman–Crippen MR) is 71.5 cm³/mol. The molecule has 8 nitrogen and oxygen atoms in total. The maximum atomic E-state index is 11.0. The summed E-state index contributed by atoms with van der Waals surface area (Å²) in [6.07, 6.45) is 0. The molecule has 1 aromatic heterocycles. The topological polar surface area (TPSA) is 127 Å². The Morgan fingerprint density at radius 2 is 1.84 bits per heavy atom. The molecule has 1 aromatic rings. The summed E-state index contributed by atoms with van der Waals surface area (Å²) in [4.78, 5) is 31.9. The molecular weight excluding hydrogens is 248 g/mol. The van der Waals surface area contributed by atoms with Crippen molar-refractivity contribution in [1.29, 1.82) is 0 Å². The first-order valence-electron chi connectivity index (χ1n) is 5.83. The van der Waals surface area contributed by atoms with Crippen molar-refractivity contribution in [3.05, 3.63) is 11.8 Å². The van der Waals surface area contributed by atoms with E-state index in [0.717, 1.165) is 0 Å². The number of hydrogen-bond acceptors (Lipinski definition) is 6. The molecule has 0 aliphatic rings. The lowest BCUT2D eigenvalue weighted by Gasteiger charge is -2.21. The largest absolute Gasteiger partial charge is 0.368 e. The summed E-state index contributed by atoms with van der Waals surface area (Å²) >= 11 is 0. The molecule has 0 aliphatic heterocycles. The van der Waals surface area contributed by atoms with Crippen molar-refractivity contribution in [2.45, 2.75) is 13.8 Å². The van der Waals surface area contributed by atoms with Crippen LogP contribution in [-0.2, 0) is 9.59 Å². The van der Waals surface area contributed by atoms with Gasteiger partial charge in [0.2, 0.25) is 17.8 Å². The van der Waals surface area contributed by atoms with Crippen LogP contribution < -0.4 is 21.7 Å². The first kappa shape index (κ1) is 14.7. The maximum absolute atomic E-state index is 11.0. The Labute approximate surface area is 111 Å². The van der Waals surface area contributed by atoms with E-state index in [1.54, 1.807) is 13.0 Å². The highest BCUT2D eigenvalue weighted by atomic mass is 16.2. The van der Waals surface area contributed by atoms with E-state index in [9.17, 15) is 9.59 Å². The lowest BCUT2D eigenvalue weighted by atomic mass is 10.3. The number of primary amides is 2. The molecule has 1 heterocycles. The SMILES string of the molecule is CCNc1nc(C)cc(N(CC(N)=O)CC(N)=O)n1. The molecule has 5 N–H and O–H groups in total. The van der Waals surface area contributed by atoms with Crippen LogP contribution in [0.4, 0.5) is 11.8 Å². The molecule has 19 heavy (non-hydrogen) atoms. The summed E-state index contributed by atoms with van der Waals surface area (Å²) in [5.74, 6) is -0.275. The van der Waals surface area contributed by atoms with Crippen LogP contribution in [0.3, 0.4) is 0 Å². The molecule has 104 valence electrons. The van der Waals surface area contributed by atoms with E-state index >= 15 is 0 Å². The average Bonchev–Trinajstić information content (AvgIpc) is 2.26. The number of amides is 2. The van der Waals surface area contributed by atoms with Crippen molar-refractivity contribution in [3.63, 3.8) is 0 Å². The summed E-state index contributed by atoms with van der Waals surface area (Å²) in [6.45, 7) is 4.10. The molecule has 0 saturated heterocycles. The number of anilines is 2. The van der Waals surface area contributed by atoms with Crippen LogP contribution in [-0.4, -0.2) is 41.4 Å². The second-order valence-electron chi connectivity index (χ2n) is 4.01. The molecule has 1 rings (SSSR count). The minimum Gasteiger partial charge on any atom is -0.368 e. The Balaban J connectivity index is 3.05. The molecule has 0 bridgehead atoms. The minimum atomic E-state index is -0.567. The molecular formula is C11H18N6O2. The summed E-state index contributed by atoms with van der Waals surface area (Å²) in [5, 5.41) is 2.97. The van der Waals surface area contributed by atoms with Gasteiger partial charge < -0.3 is 21.7 Å². The van der Waals surface area contributed by atoms with Crippen LogP contribution in [0, 0.1) is 6.92 Å². The van der Waals surface area contributed by atoms with E-state index in [0.29, 0.717) is 24.0 Å². The third-order valence-corrected chi connectivity index (χ3v) is 2.19. The molecule has 2 amide bonds. The highest BCUT2D eigenvalue weighted by Crippen LogP contribution is 2.14. The van der Waals surface area contributed by atoms with E-state index in [-0.39, 0.29) is 13.1 Å². The third kappa shape index (κ3) is 4.78. The van der Waals surface area contributed by atoms with Crippen molar-refractivity contribution in [2.75, 3.05) is 29.9 Å². The first-order chi connectivity index (χ1) is 8.92. The third-order valence-electron chi connectivity index (χ3n) is 2.19. The monoisotopic (exact) mass is 266 g/mol.